The summed E-state index contributed by atoms with van der Waals surface area (Å²) < 4.78 is 26.8. The largest absolute Gasteiger partial charge is 0.462 e. The minimum Gasteiger partial charge on any atom is -0.462 e. The maximum Gasteiger partial charge on any atom is 0.303 e. The number of carbonyl (C=O) groups is 4. The molecule has 1 saturated heterocycles. The smallest absolute Gasteiger partial charge is 0.303 e. The Morgan fingerprint density at radius 2 is 1.63 bits per heavy atom. The Morgan fingerprint density at radius 3 is 2.11 bits per heavy atom. The van der Waals surface area contributed by atoms with Gasteiger partial charge < -0.3 is 23.7 Å². The van der Waals surface area contributed by atoms with Gasteiger partial charge in [-0.1, -0.05) is 0 Å². The molecule has 0 aromatic carbocycles. The van der Waals surface area contributed by atoms with E-state index in [4.69, 9.17) is 23.7 Å². The van der Waals surface area contributed by atoms with E-state index in [-0.39, 0.29) is 13.2 Å². The number of ether oxygens (including phenoxy) is 5. The second kappa shape index (κ2) is 9.16. The zero-order valence-corrected chi connectivity index (χ0v) is 16.7. The van der Waals surface area contributed by atoms with Gasteiger partial charge >= 0.3 is 23.9 Å². The van der Waals surface area contributed by atoms with Crippen molar-refractivity contribution in [1.82, 2.24) is 0 Å². The first-order valence-corrected chi connectivity index (χ1v) is 8.69. The second-order valence-corrected chi connectivity index (χ2v) is 7.05. The Hall–Kier alpha value is -2.16. The molecule has 0 aromatic rings. The lowest BCUT2D eigenvalue weighted by Gasteiger charge is -2.37. The van der Waals surface area contributed by atoms with Crippen LogP contribution in [0.5, 0.6) is 0 Å². The predicted octanol–water partition coefficient (Wildman–Crippen LogP) is 1.30. The summed E-state index contributed by atoms with van der Waals surface area (Å²) in [4.78, 5) is 45.3. The van der Waals surface area contributed by atoms with Gasteiger partial charge in [-0.25, -0.2) is 0 Å². The summed E-state index contributed by atoms with van der Waals surface area (Å²) in [6.07, 6.45) is -0.534. The van der Waals surface area contributed by atoms with E-state index in [1.807, 2.05) is 0 Å². The van der Waals surface area contributed by atoms with Crippen LogP contribution in [0.4, 0.5) is 0 Å². The lowest BCUT2D eigenvalue weighted by Crippen LogP contribution is -2.51. The molecular weight excluding hydrogens is 360 g/mol. The highest BCUT2D eigenvalue weighted by atomic mass is 16.6. The summed E-state index contributed by atoms with van der Waals surface area (Å²) in [6, 6.07) is 0. The monoisotopic (exact) mass is 388 g/mol. The van der Waals surface area contributed by atoms with Crippen molar-refractivity contribution in [2.45, 2.75) is 77.8 Å². The van der Waals surface area contributed by atoms with Gasteiger partial charge in [0.25, 0.3) is 0 Å². The summed E-state index contributed by atoms with van der Waals surface area (Å²) in [5.74, 6) is -2.10. The number of esters is 4. The van der Waals surface area contributed by atoms with Crippen LogP contribution in [-0.2, 0) is 42.9 Å². The summed E-state index contributed by atoms with van der Waals surface area (Å²) in [6.45, 7) is 8.01. The van der Waals surface area contributed by atoms with E-state index in [0.717, 1.165) is 0 Å². The molecule has 1 aliphatic heterocycles. The third-order valence-corrected chi connectivity index (χ3v) is 4.36. The minimum atomic E-state index is -1.21. The molecule has 154 valence electrons. The fraction of sp³-hybridized carbons (Fsp3) is 0.778. The number of hydrogen-bond acceptors (Lipinski definition) is 9. The minimum absolute atomic E-state index is 0.160. The van der Waals surface area contributed by atoms with Crippen molar-refractivity contribution in [2.24, 2.45) is 0 Å². The zero-order valence-electron chi connectivity index (χ0n) is 16.7. The predicted molar refractivity (Wildman–Crippen MR) is 91.5 cm³/mol. The molecule has 27 heavy (non-hydrogen) atoms. The number of hydrogen-bond donors (Lipinski definition) is 0. The van der Waals surface area contributed by atoms with Crippen LogP contribution in [0, 0.1) is 0 Å². The molecule has 0 unspecified atom stereocenters. The topological polar surface area (TPSA) is 114 Å². The molecule has 0 bridgehead atoms. The van der Waals surface area contributed by atoms with Crippen molar-refractivity contribution in [1.29, 1.82) is 0 Å². The summed E-state index contributed by atoms with van der Waals surface area (Å²) in [5.41, 5.74) is -2.18. The molecule has 0 spiro atoms. The van der Waals surface area contributed by atoms with Gasteiger partial charge in [-0.05, 0) is 26.7 Å². The van der Waals surface area contributed by atoms with E-state index in [1.165, 1.54) is 27.7 Å². The third-order valence-electron chi connectivity index (χ3n) is 4.36. The van der Waals surface area contributed by atoms with Crippen molar-refractivity contribution in [3.8, 4) is 0 Å². The van der Waals surface area contributed by atoms with Crippen molar-refractivity contribution in [2.75, 3.05) is 13.2 Å². The third kappa shape index (κ3) is 6.82. The van der Waals surface area contributed by atoms with E-state index in [1.54, 1.807) is 13.8 Å². The molecule has 0 saturated carbocycles. The van der Waals surface area contributed by atoms with Crippen LogP contribution in [0.3, 0.4) is 0 Å². The Morgan fingerprint density at radius 1 is 1.04 bits per heavy atom. The van der Waals surface area contributed by atoms with Gasteiger partial charge in [0.2, 0.25) is 0 Å². The van der Waals surface area contributed by atoms with Gasteiger partial charge in [0.05, 0.1) is 0 Å². The molecule has 1 fully saturated rings. The van der Waals surface area contributed by atoms with E-state index in [2.05, 4.69) is 0 Å². The molecule has 0 aromatic heterocycles. The Labute approximate surface area is 158 Å². The van der Waals surface area contributed by atoms with Gasteiger partial charge in [0.1, 0.15) is 24.9 Å². The highest BCUT2D eigenvalue weighted by Crippen LogP contribution is 2.40. The molecule has 0 radical (unpaired) electrons. The highest BCUT2D eigenvalue weighted by molar-refractivity contribution is 5.68. The summed E-state index contributed by atoms with van der Waals surface area (Å²) in [7, 11) is 0. The SMILES string of the molecule is CC(=O)OC[C@@H](OC(C)=O)[C@]1(C)CC[C@H]([C@@](C)(COC(C)=O)OC(C)=O)O1. The lowest BCUT2D eigenvalue weighted by atomic mass is 9.93. The van der Waals surface area contributed by atoms with Crippen LogP contribution in [0.2, 0.25) is 0 Å². The van der Waals surface area contributed by atoms with Crippen molar-refractivity contribution < 1.29 is 42.9 Å². The van der Waals surface area contributed by atoms with Gasteiger partial charge in [-0.15, -0.1) is 0 Å². The molecule has 0 amide bonds. The highest BCUT2D eigenvalue weighted by Gasteiger charge is 2.52. The van der Waals surface area contributed by atoms with E-state index >= 15 is 0 Å². The van der Waals surface area contributed by atoms with E-state index in [0.29, 0.717) is 12.8 Å². The lowest BCUT2D eigenvalue weighted by molar-refractivity contribution is -0.210. The van der Waals surface area contributed by atoms with Crippen LogP contribution >= 0.6 is 0 Å². The zero-order chi connectivity index (χ0) is 20.8. The molecule has 4 atom stereocenters. The molecule has 9 nitrogen and oxygen atoms in total. The quantitative estimate of drug-likeness (QED) is 0.448. The first kappa shape index (κ1) is 22.9. The molecule has 1 rings (SSSR count). The standard InChI is InChI=1S/C18H28O9/c1-11(19)23-9-16(25-13(3)21)17(5)8-7-15(27-17)18(6,26-14(4)22)10-24-12(2)20/h15-16H,7-10H2,1-6H3/t15-,16-,17+,18-/m1/s1. The van der Waals surface area contributed by atoms with Crippen LogP contribution in [-0.4, -0.2) is 60.5 Å². The van der Waals surface area contributed by atoms with Crippen molar-refractivity contribution >= 4 is 23.9 Å². The van der Waals surface area contributed by atoms with Gasteiger partial charge in [0, 0.05) is 27.7 Å². The Kier molecular flexibility index (Phi) is 7.77. The number of rotatable bonds is 8. The van der Waals surface area contributed by atoms with Crippen LogP contribution in [0.25, 0.3) is 0 Å². The molecule has 0 N–H and O–H groups in total. The first-order valence-electron chi connectivity index (χ1n) is 8.69. The Bertz CT molecular complexity index is 587. The van der Waals surface area contributed by atoms with Crippen molar-refractivity contribution in [3.63, 3.8) is 0 Å². The summed E-state index contributed by atoms with van der Waals surface area (Å²) in [5, 5.41) is 0. The van der Waals surface area contributed by atoms with Crippen LogP contribution in [0.1, 0.15) is 54.4 Å². The molecule has 9 heteroatoms. The molecule has 1 aliphatic rings. The average Bonchev–Trinajstić information content (AvgIpc) is 2.92. The van der Waals surface area contributed by atoms with Crippen LogP contribution in [0.15, 0.2) is 0 Å². The normalized spacial score (nSPS) is 25.0. The van der Waals surface area contributed by atoms with E-state index in [9.17, 15) is 19.2 Å². The maximum absolute atomic E-state index is 11.5. The van der Waals surface area contributed by atoms with Gasteiger partial charge in [0.15, 0.2) is 11.7 Å². The Balaban J connectivity index is 2.98. The molecular formula is C18H28O9. The van der Waals surface area contributed by atoms with Crippen molar-refractivity contribution in [3.05, 3.63) is 0 Å². The van der Waals surface area contributed by atoms with E-state index < -0.39 is 47.3 Å². The fourth-order valence-electron chi connectivity index (χ4n) is 3.02. The maximum atomic E-state index is 11.5. The van der Waals surface area contributed by atoms with Crippen LogP contribution < -0.4 is 0 Å². The molecule has 1 heterocycles. The first-order chi connectivity index (χ1) is 12.4. The number of carbonyl (C=O) groups excluding carboxylic acids is 4. The summed E-state index contributed by atoms with van der Waals surface area (Å²) >= 11 is 0. The molecule has 0 aliphatic carbocycles. The van der Waals surface area contributed by atoms with Gasteiger partial charge in [-0.3, -0.25) is 19.2 Å². The van der Waals surface area contributed by atoms with Gasteiger partial charge in [-0.2, -0.15) is 0 Å². The second-order valence-electron chi connectivity index (χ2n) is 7.05. The fourth-order valence-corrected chi connectivity index (χ4v) is 3.02. The average molecular weight is 388 g/mol.